The van der Waals surface area contributed by atoms with Crippen LogP contribution >= 0.6 is 0 Å². The molecule has 1 N–H and O–H groups in total. The van der Waals surface area contributed by atoms with E-state index in [1.54, 1.807) is 19.1 Å². The van der Waals surface area contributed by atoms with Gasteiger partial charge in [0.2, 0.25) is 0 Å². The second-order valence-electron chi connectivity index (χ2n) is 3.62. The van der Waals surface area contributed by atoms with Crippen LogP contribution in [0.2, 0.25) is 0 Å². The second kappa shape index (κ2) is 4.26. The highest BCUT2D eigenvalue weighted by Crippen LogP contribution is 2.26. The minimum atomic E-state index is 0.230. The van der Waals surface area contributed by atoms with Crippen LogP contribution in [0.15, 0.2) is 28.8 Å². The molecule has 2 rings (SSSR count). The van der Waals surface area contributed by atoms with Crippen LogP contribution in [-0.4, -0.2) is 10.3 Å². The molecule has 0 aliphatic heterocycles. The van der Waals surface area contributed by atoms with Gasteiger partial charge in [-0.3, -0.25) is 0 Å². The Kier molecular flexibility index (Phi) is 2.81. The fraction of sp³-hybridized carbons (Fsp3) is 0.250. The van der Waals surface area contributed by atoms with E-state index in [1.165, 1.54) is 0 Å². The van der Waals surface area contributed by atoms with E-state index < -0.39 is 0 Å². The van der Waals surface area contributed by atoms with Gasteiger partial charge in [-0.05, 0) is 26.0 Å². The summed E-state index contributed by atoms with van der Waals surface area (Å²) in [6, 6.07) is 6.99. The van der Waals surface area contributed by atoms with E-state index in [1.807, 2.05) is 19.1 Å². The van der Waals surface area contributed by atoms with Gasteiger partial charge in [-0.1, -0.05) is 11.2 Å². The van der Waals surface area contributed by atoms with Crippen molar-refractivity contribution >= 4 is 0 Å². The molecule has 0 aliphatic rings. The third-order valence-electron chi connectivity index (χ3n) is 2.31. The number of hydrogen-bond donors (Lipinski definition) is 1. The zero-order valence-corrected chi connectivity index (χ0v) is 9.23. The Bertz CT molecular complexity index is 491. The van der Waals surface area contributed by atoms with Crippen LogP contribution in [-0.2, 0) is 6.61 Å². The van der Waals surface area contributed by atoms with Crippen LogP contribution in [0.5, 0.6) is 11.5 Å². The first-order valence-corrected chi connectivity index (χ1v) is 5.00. The van der Waals surface area contributed by atoms with Crippen molar-refractivity contribution in [1.82, 2.24) is 5.16 Å². The summed E-state index contributed by atoms with van der Waals surface area (Å²) in [7, 11) is 0. The third kappa shape index (κ3) is 2.16. The molecular weight excluding hydrogens is 206 g/mol. The molecule has 0 fully saturated rings. The number of hydrogen-bond acceptors (Lipinski definition) is 4. The lowest BCUT2D eigenvalue weighted by molar-refractivity contribution is 0.284. The van der Waals surface area contributed by atoms with E-state index in [2.05, 4.69) is 5.16 Å². The van der Waals surface area contributed by atoms with E-state index in [4.69, 9.17) is 9.26 Å². The first kappa shape index (κ1) is 10.5. The summed E-state index contributed by atoms with van der Waals surface area (Å²) in [6.07, 6.45) is 0. The van der Waals surface area contributed by atoms with E-state index >= 15 is 0 Å². The van der Waals surface area contributed by atoms with Gasteiger partial charge >= 0.3 is 0 Å². The van der Waals surface area contributed by atoms with Crippen LogP contribution < -0.4 is 4.74 Å². The molecule has 4 heteroatoms. The highest BCUT2D eigenvalue weighted by atomic mass is 16.5. The largest absolute Gasteiger partial charge is 0.508 e. The van der Waals surface area contributed by atoms with Crippen molar-refractivity contribution in [2.75, 3.05) is 0 Å². The Labute approximate surface area is 93.5 Å². The molecule has 1 aromatic carbocycles. The fourth-order valence-corrected chi connectivity index (χ4v) is 1.40. The summed E-state index contributed by atoms with van der Waals surface area (Å²) < 4.78 is 10.5. The molecule has 0 spiro atoms. The Morgan fingerprint density at radius 3 is 2.88 bits per heavy atom. The first-order chi connectivity index (χ1) is 7.66. The SMILES string of the molecule is Cc1cc(COc2cccc(O)c2C)no1. The van der Waals surface area contributed by atoms with Crippen LogP contribution in [0.25, 0.3) is 0 Å². The Balaban J connectivity index is 2.07. The molecule has 0 atom stereocenters. The molecule has 0 aliphatic carbocycles. The van der Waals surface area contributed by atoms with Crippen LogP contribution in [0, 0.1) is 13.8 Å². The molecule has 16 heavy (non-hydrogen) atoms. The number of aromatic nitrogens is 1. The van der Waals surface area contributed by atoms with Crippen LogP contribution in [0.4, 0.5) is 0 Å². The maximum absolute atomic E-state index is 9.49. The molecule has 2 aromatic rings. The van der Waals surface area contributed by atoms with E-state index in [0.29, 0.717) is 12.4 Å². The minimum absolute atomic E-state index is 0.230. The van der Waals surface area contributed by atoms with Gasteiger partial charge in [-0.2, -0.15) is 0 Å². The molecule has 1 heterocycles. The summed E-state index contributed by atoms with van der Waals surface area (Å²) in [5.41, 5.74) is 1.46. The Hall–Kier alpha value is -1.97. The first-order valence-electron chi connectivity index (χ1n) is 5.00. The number of ether oxygens (including phenoxy) is 1. The molecule has 0 bridgehead atoms. The molecule has 0 saturated heterocycles. The van der Waals surface area contributed by atoms with Crippen molar-refractivity contribution in [3.8, 4) is 11.5 Å². The highest BCUT2D eigenvalue weighted by molar-refractivity contribution is 5.42. The number of aromatic hydroxyl groups is 1. The van der Waals surface area contributed by atoms with Crippen molar-refractivity contribution < 1.29 is 14.4 Å². The minimum Gasteiger partial charge on any atom is -0.508 e. The van der Waals surface area contributed by atoms with E-state index in [0.717, 1.165) is 17.0 Å². The average molecular weight is 219 g/mol. The monoisotopic (exact) mass is 219 g/mol. The zero-order valence-electron chi connectivity index (χ0n) is 9.23. The van der Waals surface area contributed by atoms with Gasteiger partial charge in [0.15, 0.2) is 0 Å². The quantitative estimate of drug-likeness (QED) is 0.862. The van der Waals surface area contributed by atoms with Crippen molar-refractivity contribution in [3.63, 3.8) is 0 Å². The van der Waals surface area contributed by atoms with Gasteiger partial charge < -0.3 is 14.4 Å². The average Bonchev–Trinajstić information content (AvgIpc) is 2.67. The van der Waals surface area contributed by atoms with E-state index in [-0.39, 0.29) is 5.75 Å². The lowest BCUT2D eigenvalue weighted by Crippen LogP contribution is -1.97. The van der Waals surface area contributed by atoms with Crippen molar-refractivity contribution in [3.05, 3.63) is 41.3 Å². The molecule has 4 nitrogen and oxygen atoms in total. The fourth-order valence-electron chi connectivity index (χ4n) is 1.40. The third-order valence-corrected chi connectivity index (χ3v) is 2.31. The number of phenolic OH excluding ortho intramolecular Hbond substituents is 1. The van der Waals surface area contributed by atoms with Gasteiger partial charge in [0.05, 0.1) is 0 Å². The summed E-state index contributed by atoms with van der Waals surface area (Å²) in [4.78, 5) is 0. The Morgan fingerprint density at radius 2 is 2.19 bits per heavy atom. The number of aryl methyl sites for hydroxylation is 1. The molecule has 84 valence electrons. The van der Waals surface area contributed by atoms with Gasteiger partial charge in [0, 0.05) is 11.6 Å². The zero-order chi connectivity index (χ0) is 11.5. The van der Waals surface area contributed by atoms with Gasteiger partial charge in [-0.15, -0.1) is 0 Å². The number of nitrogens with zero attached hydrogens (tertiary/aromatic N) is 1. The lowest BCUT2D eigenvalue weighted by atomic mass is 10.2. The van der Waals surface area contributed by atoms with Crippen LogP contribution in [0.3, 0.4) is 0 Å². The van der Waals surface area contributed by atoms with E-state index in [9.17, 15) is 5.11 Å². The summed E-state index contributed by atoms with van der Waals surface area (Å²) in [6.45, 7) is 3.97. The highest BCUT2D eigenvalue weighted by Gasteiger charge is 2.05. The normalized spacial score (nSPS) is 10.4. The standard InChI is InChI=1S/C12H13NO3/c1-8-6-10(13-16-8)7-15-12-5-3-4-11(14)9(12)2/h3-6,14H,7H2,1-2H3. The predicted octanol–water partition coefficient (Wildman–Crippen LogP) is 2.58. The molecule has 0 saturated carbocycles. The van der Waals surface area contributed by atoms with Crippen molar-refractivity contribution in [2.24, 2.45) is 0 Å². The van der Waals surface area contributed by atoms with Crippen molar-refractivity contribution in [1.29, 1.82) is 0 Å². The smallest absolute Gasteiger partial charge is 0.134 e. The summed E-state index contributed by atoms with van der Waals surface area (Å²) in [5, 5.41) is 13.3. The maximum Gasteiger partial charge on any atom is 0.134 e. The van der Waals surface area contributed by atoms with Gasteiger partial charge in [0.1, 0.15) is 29.6 Å². The number of rotatable bonds is 3. The molecule has 1 aromatic heterocycles. The molecule has 0 radical (unpaired) electrons. The number of phenols is 1. The molecule has 0 amide bonds. The maximum atomic E-state index is 9.49. The Morgan fingerprint density at radius 1 is 1.38 bits per heavy atom. The predicted molar refractivity (Wildman–Crippen MR) is 58.4 cm³/mol. The lowest BCUT2D eigenvalue weighted by Gasteiger charge is -2.08. The molecular formula is C12H13NO3. The summed E-state index contributed by atoms with van der Waals surface area (Å²) in [5.74, 6) is 1.64. The van der Waals surface area contributed by atoms with Crippen LogP contribution in [0.1, 0.15) is 17.0 Å². The number of benzene rings is 1. The van der Waals surface area contributed by atoms with Crippen molar-refractivity contribution in [2.45, 2.75) is 20.5 Å². The molecule has 0 unspecified atom stereocenters. The van der Waals surface area contributed by atoms with Gasteiger partial charge in [-0.25, -0.2) is 0 Å². The topological polar surface area (TPSA) is 55.5 Å². The second-order valence-corrected chi connectivity index (χ2v) is 3.62. The van der Waals surface area contributed by atoms with Gasteiger partial charge in [0.25, 0.3) is 0 Å². The summed E-state index contributed by atoms with van der Waals surface area (Å²) >= 11 is 0.